The Balaban J connectivity index is 1.70. The smallest absolute Gasteiger partial charge is 0.189 e. The predicted molar refractivity (Wildman–Crippen MR) is 92.6 cm³/mol. The lowest BCUT2D eigenvalue weighted by Gasteiger charge is -2.10. The Labute approximate surface area is 145 Å². The van der Waals surface area contributed by atoms with Gasteiger partial charge in [-0.2, -0.15) is 0 Å². The van der Waals surface area contributed by atoms with Crippen LogP contribution in [-0.2, 0) is 19.7 Å². The van der Waals surface area contributed by atoms with Crippen molar-refractivity contribution in [2.75, 3.05) is 23.0 Å². The standard InChI is InChI=1S/C13H18N2O4S4/c1-9-6-12(20-10-2-4-22(16,17)7-10)15-13(14-9)21-11-3-5-23(18,19)8-11/h6,10-11H,2-5,7-8H2,1H3/t10-,11+/m1/s1. The molecule has 128 valence electrons. The lowest BCUT2D eigenvalue weighted by molar-refractivity contribution is 0.600. The highest BCUT2D eigenvalue weighted by atomic mass is 32.2. The first-order valence-corrected chi connectivity index (χ1v) is 12.7. The number of hydrogen-bond acceptors (Lipinski definition) is 8. The van der Waals surface area contributed by atoms with Gasteiger partial charge in [0.1, 0.15) is 5.03 Å². The average Bonchev–Trinajstić information content (AvgIpc) is 2.91. The topological polar surface area (TPSA) is 94.1 Å². The van der Waals surface area contributed by atoms with E-state index in [-0.39, 0.29) is 33.5 Å². The highest BCUT2D eigenvalue weighted by molar-refractivity contribution is 8.02. The molecule has 0 amide bonds. The summed E-state index contributed by atoms with van der Waals surface area (Å²) < 4.78 is 46.2. The predicted octanol–water partition coefficient (Wildman–Crippen LogP) is 1.34. The van der Waals surface area contributed by atoms with Crippen LogP contribution in [-0.4, -0.2) is 60.3 Å². The Morgan fingerprint density at radius 2 is 1.52 bits per heavy atom. The molecule has 0 aliphatic carbocycles. The monoisotopic (exact) mass is 394 g/mol. The third-order valence-corrected chi connectivity index (χ3v) is 10.0. The van der Waals surface area contributed by atoms with Crippen LogP contribution in [0.2, 0.25) is 0 Å². The van der Waals surface area contributed by atoms with Crippen LogP contribution in [0.15, 0.2) is 16.2 Å². The molecule has 1 aromatic heterocycles. The lowest BCUT2D eigenvalue weighted by atomic mass is 10.4. The van der Waals surface area contributed by atoms with Gasteiger partial charge in [-0.1, -0.05) is 11.8 Å². The Kier molecular flexibility index (Phi) is 4.97. The van der Waals surface area contributed by atoms with Crippen molar-refractivity contribution < 1.29 is 16.8 Å². The average molecular weight is 395 g/mol. The maximum absolute atomic E-state index is 11.5. The molecule has 0 spiro atoms. The van der Waals surface area contributed by atoms with Crippen LogP contribution in [0.4, 0.5) is 0 Å². The second kappa shape index (κ2) is 6.53. The summed E-state index contributed by atoms with van der Waals surface area (Å²) in [4.78, 5) is 8.85. The molecule has 1 aromatic rings. The zero-order chi connectivity index (χ0) is 16.7. The lowest BCUT2D eigenvalue weighted by Crippen LogP contribution is -2.08. The molecule has 3 rings (SSSR count). The summed E-state index contributed by atoms with van der Waals surface area (Å²) >= 11 is 2.88. The van der Waals surface area contributed by atoms with Crippen LogP contribution in [0.3, 0.4) is 0 Å². The van der Waals surface area contributed by atoms with Crippen molar-refractivity contribution in [2.45, 2.75) is 40.4 Å². The molecule has 2 fully saturated rings. The summed E-state index contributed by atoms with van der Waals surface area (Å²) in [6, 6.07) is 1.85. The minimum absolute atomic E-state index is 0.00603. The Hall–Kier alpha value is -0.320. The summed E-state index contributed by atoms with van der Waals surface area (Å²) in [5.74, 6) is 0.858. The van der Waals surface area contributed by atoms with E-state index in [0.717, 1.165) is 10.7 Å². The minimum Gasteiger partial charge on any atom is -0.229 e. The molecule has 0 saturated carbocycles. The van der Waals surface area contributed by atoms with E-state index in [1.54, 1.807) is 0 Å². The van der Waals surface area contributed by atoms with Gasteiger partial charge in [0.25, 0.3) is 0 Å². The van der Waals surface area contributed by atoms with Gasteiger partial charge in [0.05, 0.1) is 23.0 Å². The molecule has 6 nitrogen and oxygen atoms in total. The van der Waals surface area contributed by atoms with Crippen molar-refractivity contribution in [1.29, 1.82) is 0 Å². The van der Waals surface area contributed by atoms with Crippen molar-refractivity contribution in [3.05, 3.63) is 11.8 Å². The molecule has 0 aromatic carbocycles. The molecule has 23 heavy (non-hydrogen) atoms. The second-order valence-electron chi connectivity index (χ2n) is 5.92. The fourth-order valence-electron chi connectivity index (χ4n) is 2.65. The second-order valence-corrected chi connectivity index (χ2v) is 13.0. The SMILES string of the molecule is Cc1cc(S[C@@H]2CCS(=O)(=O)C2)nc(S[C@H]2CCS(=O)(=O)C2)n1. The first-order valence-electron chi connectivity index (χ1n) is 7.31. The van der Waals surface area contributed by atoms with Crippen LogP contribution < -0.4 is 0 Å². The van der Waals surface area contributed by atoms with Crippen molar-refractivity contribution in [1.82, 2.24) is 9.97 Å². The molecular formula is C13H18N2O4S4. The minimum atomic E-state index is -2.92. The van der Waals surface area contributed by atoms with E-state index in [0.29, 0.717) is 18.0 Å². The summed E-state index contributed by atoms with van der Waals surface area (Å²) in [6.07, 6.45) is 1.28. The Morgan fingerprint density at radius 1 is 0.957 bits per heavy atom. The van der Waals surface area contributed by atoms with Gasteiger partial charge in [-0.3, -0.25) is 0 Å². The molecule has 10 heteroatoms. The fourth-order valence-corrected chi connectivity index (χ4v) is 9.72. The van der Waals surface area contributed by atoms with E-state index in [1.165, 1.54) is 23.5 Å². The third-order valence-electron chi connectivity index (χ3n) is 3.75. The highest BCUT2D eigenvalue weighted by Gasteiger charge is 2.31. The van der Waals surface area contributed by atoms with Crippen LogP contribution in [0.5, 0.6) is 0 Å². The van der Waals surface area contributed by atoms with E-state index in [1.807, 2.05) is 13.0 Å². The van der Waals surface area contributed by atoms with E-state index >= 15 is 0 Å². The van der Waals surface area contributed by atoms with Crippen molar-refractivity contribution in [3.63, 3.8) is 0 Å². The number of aromatic nitrogens is 2. The molecule has 2 saturated heterocycles. The third kappa shape index (κ3) is 4.83. The van der Waals surface area contributed by atoms with E-state index in [9.17, 15) is 16.8 Å². The van der Waals surface area contributed by atoms with Crippen LogP contribution >= 0.6 is 23.5 Å². The van der Waals surface area contributed by atoms with Crippen LogP contribution in [0.1, 0.15) is 18.5 Å². The van der Waals surface area contributed by atoms with E-state index < -0.39 is 19.7 Å². The molecule has 2 aliphatic heterocycles. The van der Waals surface area contributed by atoms with Crippen LogP contribution in [0.25, 0.3) is 0 Å². The van der Waals surface area contributed by atoms with Gasteiger partial charge in [0.15, 0.2) is 24.8 Å². The molecule has 0 unspecified atom stereocenters. The summed E-state index contributed by atoms with van der Waals surface area (Å²) in [6.45, 7) is 1.87. The van der Waals surface area contributed by atoms with Crippen molar-refractivity contribution >= 4 is 43.2 Å². The number of rotatable bonds is 4. The molecule has 0 radical (unpaired) electrons. The number of thioether (sulfide) groups is 2. The fraction of sp³-hybridized carbons (Fsp3) is 0.692. The molecule has 0 bridgehead atoms. The summed E-state index contributed by atoms with van der Waals surface area (Å²) in [7, 11) is -5.82. The quantitative estimate of drug-likeness (QED) is 0.558. The Morgan fingerprint density at radius 3 is 2.04 bits per heavy atom. The molecular weight excluding hydrogens is 376 g/mol. The van der Waals surface area contributed by atoms with Gasteiger partial charge < -0.3 is 0 Å². The van der Waals surface area contributed by atoms with Crippen LogP contribution in [0, 0.1) is 6.92 Å². The van der Waals surface area contributed by atoms with Gasteiger partial charge in [-0.25, -0.2) is 26.8 Å². The Bertz CT molecular complexity index is 743. The van der Waals surface area contributed by atoms with E-state index in [2.05, 4.69) is 9.97 Å². The summed E-state index contributed by atoms with van der Waals surface area (Å²) in [5, 5.41) is 1.39. The zero-order valence-corrected chi connectivity index (χ0v) is 15.9. The van der Waals surface area contributed by atoms with Gasteiger partial charge in [-0.05, 0) is 25.8 Å². The number of aryl methyl sites for hydroxylation is 1. The maximum Gasteiger partial charge on any atom is 0.189 e. The number of hydrogen-bond donors (Lipinski definition) is 0. The molecule has 0 N–H and O–H groups in total. The summed E-state index contributed by atoms with van der Waals surface area (Å²) in [5.41, 5.74) is 0.812. The zero-order valence-electron chi connectivity index (χ0n) is 12.6. The normalized spacial score (nSPS) is 28.9. The van der Waals surface area contributed by atoms with E-state index in [4.69, 9.17) is 0 Å². The van der Waals surface area contributed by atoms with Crippen molar-refractivity contribution in [3.8, 4) is 0 Å². The number of nitrogens with zero attached hydrogens (tertiary/aromatic N) is 2. The van der Waals surface area contributed by atoms with Gasteiger partial charge in [0, 0.05) is 16.2 Å². The van der Waals surface area contributed by atoms with Gasteiger partial charge in [0.2, 0.25) is 0 Å². The molecule has 3 heterocycles. The number of sulfone groups is 2. The molecule has 2 atom stereocenters. The first-order chi connectivity index (χ1) is 10.7. The van der Waals surface area contributed by atoms with Crippen molar-refractivity contribution in [2.24, 2.45) is 0 Å². The highest BCUT2D eigenvalue weighted by Crippen LogP contribution is 2.33. The maximum atomic E-state index is 11.5. The van der Waals surface area contributed by atoms with Gasteiger partial charge >= 0.3 is 0 Å². The van der Waals surface area contributed by atoms with Gasteiger partial charge in [-0.15, -0.1) is 11.8 Å². The molecule has 2 aliphatic rings. The first kappa shape index (κ1) is 17.5. The largest absolute Gasteiger partial charge is 0.229 e.